The molecule has 1 heterocycles. The first kappa shape index (κ1) is 17.2. The third-order valence-electron chi connectivity index (χ3n) is 3.79. The molecule has 2 aromatic rings. The Labute approximate surface area is 147 Å². The number of rotatable bonds is 6. The maximum absolute atomic E-state index is 12.5. The quantitative estimate of drug-likeness (QED) is 0.601. The van der Waals surface area contributed by atoms with Crippen LogP contribution >= 0.6 is 0 Å². The lowest BCUT2D eigenvalue weighted by molar-refractivity contribution is -0.385. The zero-order valence-electron chi connectivity index (χ0n) is 13.3. The van der Waals surface area contributed by atoms with E-state index < -0.39 is 29.3 Å². The molecule has 0 saturated carbocycles. The van der Waals surface area contributed by atoms with Crippen molar-refractivity contribution in [3.8, 4) is 11.5 Å². The van der Waals surface area contributed by atoms with Gasteiger partial charge in [0.2, 0.25) is 6.79 Å². The molecule has 134 valence electrons. The van der Waals surface area contributed by atoms with Gasteiger partial charge in [0.25, 0.3) is 11.6 Å². The van der Waals surface area contributed by atoms with E-state index in [9.17, 15) is 24.8 Å². The molecular weight excluding hydrogens is 344 g/mol. The third-order valence-corrected chi connectivity index (χ3v) is 3.79. The number of benzene rings is 2. The van der Waals surface area contributed by atoms with Crippen molar-refractivity contribution in [2.75, 3.05) is 6.79 Å². The number of fused-ring (bicyclic) bond motifs is 1. The number of carboxylic acids is 1. The first-order valence-electron chi connectivity index (χ1n) is 7.59. The van der Waals surface area contributed by atoms with Gasteiger partial charge in [0.05, 0.1) is 11.0 Å². The molecule has 0 radical (unpaired) electrons. The Morgan fingerprint density at radius 3 is 2.65 bits per heavy atom. The minimum Gasteiger partial charge on any atom is -0.550 e. The minimum atomic E-state index is -1.40. The maximum Gasteiger partial charge on any atom is 0.269 e. The summed E-state index contributed by atoms with van der Waals surface area (Å²) < 4.78 is 10.4. The molecule has 2 aromatic carbocycles. The molecule has 0 aliphatic carbocycles. The van der Waals surface area contributed by atoms with Crippen molar-refractivity contribution in [2.45, 2.75) is 12.5 Å². The lowest BCUT2D eigenvalue weighted by Crippen LogP contribution is -2.34. The van der Waals surface area contributed by atoms with Gasteiger partial charge in [-0.1, -0.05) is 12.1 Å². The number of nitrogens with one attached hydrogen (secondary N) is 1. The fourth-order valence-corrected chi connectivity index (χ4v) is 2.55. The monoisotopic (exact) mass is 357 g/mol. The second-order valence-corrected chi connectivity index (χ2v) is 5.52. The van der Waals surface area contributed by atoms with Crippen LogP contribution in [0.1, 0.15) is 28.4 Å². The molecule has 9 nitrogen and oxygen atoms in total. The third kappa shape index (κ3) is 3.72. The molecule has 0 bridgehead atoms. The van der Waals surface area contributed by atoms with Crippen LogP contribution in [0.2, 0.25) is 0 Å². The fraction of sp³-hybridized carbons (Fsp3) is 0.176. The number of nitro groups is 1. The average molecular weight is 357 g/mol. The van der Waals surface area contributed by atoms with Crippen LogP contribution in [0, 0.1) is 10.1 Å². The number of carbonyl (C=O) groups is 2. The smallest absolute Gasteiger partial charge is 0.269 e. The zero-order chi connectivity index (χ0) is 18.7. The summed E-state index contributed by atoms with van der Waals surface area (Å²) in [7, 11) is 0. The molecule has 0 spiro atoms. The van der Waals surface area contributed by atoms with Crippen molar-refractivity contribution in [3.05, 3.63) is 63.7 Å². The fourth-order valence-electron chi connectivity index (χ4n) is 2.55. The second kappa shape index (κ2) is 7.09. The number of nitrogens with zero attached hydrogens (tertiary/aromatic N) is 1. The summed E-state index contributed by atoms with van der Waals surface area (Å²) in [5.74, 6) is -1.04. The van der Waals surface area contributed by atoms with Crippen molar-refractivity contribution >= 4 is 17.6 Å². The number of ether oxygens (including phenoxy) is 2. The van der Waals surface area contributed by atoms with Crippen LogP contribution in [0.4, 0.5) is 5.69 Å². The lowest BCUT2D eigenvalue weighted by atomic mass is 10.0. The summed E-state index contributed by atoms with van der Waals surface area (Å²) >= 11 is 0. The van der Waals surface area contributed by atoms with E-state index in [-0.39, 0.29) is 23.6 Å². The van der Waals surface area contributed by atoms with Gasteiger partial charge < -0.3 is 24.7 Å². The summed E-state index contributed by atoms with van der Waals surface area (Å²) in [5, 5.41) is 24.5. The molecule has 3 rings (SSSR count). The van der Waals surface area contributed by atoms with Crippen LogP contribution in [-0.4, -0.2) is 23.6 Å². The van der Waals surface area contributed by atoms with Gasteiger partial charge in [-0.25, -0.2) is 0 Å². The summed E-state index contributed by atoms with van der Waals surface area (Å²) in [4.78, 5) is 33.8. The molecule has 0 fully saturated rings. The van der Waals surface area contributed by atoms with Crippen LogP contribution < -0.4 is 19.9 Å². The summed E-state index contributed by atoms with van der Waals surface area (Å²) in [6.45, 7) is 0.0569. The molecule has 1 aliphatic heterocycles. The zero-order valence-corrected chi connectivity index (χ0v) is 13.3. The normalized spacial score (nSPS) is 13.1. The van der Waals surface area contributed by atoms with Crippen molar-refractivity contribution in [2.24, 2.45) is 0 Å². The Kier molecular flexibility index (Phi) is 4.70. The number of nitro benzene ring substituents is 1. The Bertz CT molecular complexity index is 881. The van der Waals surface area contributed by atoms with Gasteiger partial charge >= 0.3 is 0 Å². The van der Waals surface area contributed by atoms with Crippen molar-refractivity contribution in [1.29, 1.82) is 0 Å². The Morgan fingerprint density at radius 1 is 1.15 bits per heavy atom. The van der Waals surface area contributed by atoms with E-state index in [1.807, 2.05) is 0 Å². The van der Waals surface area contributed by atoms with Crippen LogP contribution in [-0.2, 0) is 4.79 Å². The highest BCUT2D eigenvalue weighted by atomic mass is 16.7. The van der Waals surface area contributed by atoms with Crippen LogP contribution in [0.15, 0.2) is 42.5 Å². The second-order valence-electron chi connectivity index (χ2n) is 5.52. The number of carboxylic acid groups (broad SMARTS) is 1. The molecule has 0 unspecified atom stereocenters. The van der Waals surface area contributed by atoms with Crippen LogP contribution in [0.5, 0.6) is 11.5 Å². The Hall–Kier alpha value is -3.62. The maximum atomic E-state index is 12.5. The Morgan fingerprint density at radius 2 is 1.92 bits per heavy atom. The first-order chi connectivity index (χ1) is 12.4. The van der Waals surface area contributed by atoms with Gasteiger partial charge in [-0.2, -0.15) is 0 Å². The number of hydrogen-bond donors (Lipinski definition) is 1. The number of non-ortho nitro benzene ring substituents is 1. The standard InChI is InChI=1S/C17H14N2O7/c20-16(21)8-13(10-2-1-3-12(6-10)19(23)24)18-17(22)11-4-5-14-15(7-11)26-9-25-14/h1-7,13H,8-9H2,(H,18,22)(H,20,21)/p-1/t13-/m1/s1. The van der Waals surface area contributed by atoms with E-state index in [1.165, 1.54) is 36.4 Å². The topological polar surface area (TPSA) is 131 Å². The number of aliphatic carboxylic acids is 1. The van der Waals surface area contributed by atoms with Crippen molar-refractivity contribution in [1.82, 2.24) is 5.32 Å². The van der Waals surface area contributed by atoms with E-state index >= 15 is 0 Å². The molecule has 0 aromatic heterocycles. The number of carbonyl (C=O) groups excluding carboxylic acids is 2. The average Bonchev–Trinajstić information content (AvgIpc) is 3.08. The first-order valence-corrected chi connectivity index (χ1v) is 7.59. The van der Waals surface area contributed by atoms with E-state index in [2.05, 4.69) is 5.32 Å². The van der Waals surface area contributed by atoms with Gasteiger partial charge in [-0.15, -0.1) is 0 Å². The van der Waals surface area contributed by atoms with Crippen molar-refractivity contribution < 1.29 is 29.1 Å². The molecule has 1 aliphatic rings. The minimum absolute atomic E-state index is 0.0569. The predicted octanol–water partition coefficient (Wildman–Crippen LogP) is 0.935. The van der Waals surface area contributed by atoms with Gasteiger partial charge in [0.1, 0.15) is 0 Å². The lowest BCUT2D eigenvalue weighted by Gasteiger charge is -2.20. The highest BCUT2D eigenvalue weighted by Crippen LogP contribution is 2.32. The highest BCUT2D eigenvalue weighted by Gasteiger charge is 2.21. The molecule has 1 atom stereocenters. The molecule has 1 amide bonds. The molecular formula is C17H13N2O7-. The van der Waals surface area contributed by atoms with Gasteiger partial charge in [0, 0.05) is 30.1 Å². The molecule has 26 heavy (non-hydrogen) atoms. The summed E-state index contributed by atoms with van der Waals surface area (Å²) in [6.07, 6.45) is -0.530. The number of hydrogen-bond acceptors (Lipinski definition) is 7. The summed E-state index contributed by atoms with van der Waals surface area (Å²) in [5.41, 5.74) is 0.323. The predicted molar refractivity (Wildman–Crippen MR) is 85.5 cm³/mol. The highest BCUT2D eigenvalue weighted by molar-refractivity contribution is 5.95. The largest absolute Gasteiger partial charge is 0.550 e. The van der Waals surface area contributed by atoms with Crippen LogP contribution in [0.3, 0.4) is 0 Å². The van der Waals surface area contributed by atoms with Gasteiger partial charge in [-0.3, -0.25) is 14.9 Å². The van der Waals surface area contributed by atoms with E-state index in [0.717, 1.165) is 0 Å². The van der Waals surface area contributed by atoms with Gasteiger partial charge in [-0.05, 0) is 23.8 Å². The van der Waals surface area contributed by atoms with E-state index in [1.54, 1.807) is 6.07 Å². The van der Waals surface area contributed by atoms with Gasteiger partial charge in [0.15, 0.2) is 11.5 Å². The van der Waals surface area contributed by atoms with Crippen molar-refractivity contribution in [3.63, 3.8) is 0 Å². The molecule has 1 N–H and O–H groups in total. The number of amides is 1. The van der Waals surface area contributed by atoms with E-state index in [0.29, 0.717) is 11.5 Å². The van der Waals surface area contributed by atoms with E-state index in [4.69, 9.17) is 9.47 Å². The SMILES string of the molecule is O=C([O-])C[C@@H](NC(=O)c1ccc2c(c1)OCO2)c1cccc([N+](=O)[O-])c1. The molecule has 0 saturated heterocycles. The van der Waals surface area contributed by atoms with Crippen LogP contribution in [0.25, 0.3) is 0 Å². The molecule has 9 heteroatoms. The summed E-state index contributed by atoms with van der Waals surface area (Å²) in [6, 6.07) is 8.97. The Balaban J connectivity index is 1.84.